The number of nitrogens with zero attached hydrogens (tertiary/aromatic N) is 3. The number of hydrogen-bond donors (Lipinski definition) is 0. The van der Waals surface area contributed by atoms with E-state index in [1.807, 2.05) is 31.2 Å². The molecule has 0 fully saturated rings. The lowest BCUT2D eigenvalue weighted by atomic mass is 10.1. The summed E-state index contributed by atoms with van der Waals surface area (Å²) in [6.07, 6.45) is 1.16. The van der Waals surface area contributed by atoms with Crippen molar-refractivity contribution in [2.75, 3.05) is 0 Å². The molecule has 0 saturated carbocycles. The van der Waals surface area contributed by atoms with E-state index in [0.29, 0.717) is 0 Å². The Bertz CT molecular complexity index is 772. The average Bonchev–Trinajstić information content (AvgIpc) is 2.41. The van der Waals surface area contributed by atoms with E-state index in [2.05, 4.69) is 0 Å². The molecule has 1 aromatic heterocycles. The van der Waals surface area contributed by atoms with Gasteiger partial charge in [0, 0.05) is 6.07 Å². The zero-order valence-corrected chi connectivity index (χ0v) is 10.7. The minimum atomic E-state index is -0.618. The van der Waals surface area contributed by atoms with Gasteiger partial charge >= 0.3 is 0 Å². The van der Waals surface area contributed by atoms with Gasteiger partial charge in [0.2, 0.25) is 0 Å². The molecule has 0 aliphatic rings. The molecule has 0 bridgehead atoms. The maximum Gasteiger partial charge on any atom is 0.287 e. The number of aromatic nitrogens is 1. The Morgan fingerprint density at radius 2 is 2.15 bits per heavy atom. The van der Waals surface area contributed by atoms with Crippen molar-refractivity contribution >= 4 is 5.69 Å². The van der Waals surface area contributed by atoms with Crippen molar-refractivity contribution in [2.45, 2.75) is 13.5 Å². The Morgan fingerprint density at radius 3 is 2.75 bits per heavy atom. The maximum atomic E-state index is 12.0. The zero-order valence-electron chi connectivity index (χ0n) is 10.7. The first-order valence-electron chi connectivity index (χ1n) is 5.86. The third-order valence-electron chi connectivity index (χ3n) is 2.84. The molecule has 0 saturated heterocycles. The topological polar surface area (TPSA) is 88.9 Å². The summed E-state index contributed by atoms with van der Waals surface area (Å²) in [6, 6.07) is 10.2. The highest BCUT2D eigenvalue weighted by atomic mass is 16.6. The molecular weight excluding hydrogens is 258 g/mol. The van der Waals surface area contributed by atoms with Gasteiger partial charge in [-0.3, -0.25) is 14.9 Å². The van der Waals surface area contributed by atoms with Crippen LogP contribution in [0.4, 0.5) is 5.69 Å². The van der Waals surface area contributed by atoms with E-state index in [1.165, 1.54) is 4.57 Å². The first-order valence-corrected chi connectivity index (χ1v) is 5.86. The van der Waals surface area contributed by atoms with E-state index in [-0.39, 0.29) is 17.8 Å². The summed E-state index contributed by atoms with van der Waals surface area (Å²) in [7, 11) is 0. The smallest absolute Gasteiger partial charge is 0.287 e. The molecule has 100 valence electrons. The van der Waals surface area contributed by atoms with Crippen LogP contribution in [0.1, 0.15) is 16.7 Å². The first-order chi connectivity index (χ1) is 9.51. The van der Waals surface area contributed by atoms with Crippen molar-refractivity contribution in [3.63, 3.8) is 0 Å². The Kier molecular flexibility index (Phi) is 3.62. The maximum absolute atomic E-state index is 12.0. The van der Waals surface area contributed by atoms with E-state index in [9.17, 15) is 14.9 Å². The summed E-state index contributed by atoms with van der Waals surface area (Å²) in [5.74, 6) is 0. The second-order valence-electron chi connectivity index (χ2n) is 4.40. The fraction of sp³-hybridized carbons (Fsp3) is 0.143. The average molecular weight is 269 g/mol. The van der Waals surface area contributed by atoms with Crippen molar-refractivity contribution in [1.82, 2.24) is 4.57 Å². The molecule has 0 amide bonds. The van der Waals surface area contributed by atoms with Crippen molar-refractivity contribution in [1.29, 1.82) is 5.26 Å². The van der Waals surface area contributed by atoms with Crippen LogP contribution in [-0.2, 0) is 6.54 Å². The van der Waals surface area contributed by atoms with Crippen LogP contribution >= 0.6 is 0 Å². The van der Waals surface area contributed by atoms with Gasteiger partial charge in [-0.25, -0.2) is 0 Å². The Hall–Kier alpha value is -2.94. The van der Waals surface area contributed by atoms with Gasteiger partial charge in [-0.05, 0) is 12.5 Å². The Balaban J connectivity index is 2.51. The van der Waals surface area contributed by atoms with E-state index in [4.69, 9.17) is 5.26 Å². The second kappa shape index (κ2) is 5.36. The van der Waals surface area contributed by atoms with Crippen molar-refractivity contribution in [2.24, 2.45) is 0 Å². The van der Waals surface area contributed by atoms with Crippen molar-refractivity contribution in [3.8, 4) is 6.07 Å². The monoisotopic (exact) mass is 269 g/mol. The van der Waals surface area contributed by atoms with Gasteiger partial charge in [-0.15, -0.1) is 0 Å². The molecule has 0 unspecified atom stereocenters. The molecule has 0 aliphatic carbocycles. The fourth-order valence-electron chi connectivity index (χ4n) is 1.92. The van der Waals surface area contributed by atoms with Gasteiger partial charge in [0.05, 0.1) is 17.7 Å². The van der Waals surface area contributed by atoms with Crippen LogP contribution < -0.4 is 5.56 Å². The SMILES string of the molecule is Cc1cccc(Cn2cc([N+](=O)[O-])cc(C#N)c2=O)c1. The Labute approximate surface area is 114 Å². The lowest BCUT2D eigenvalue weighted by Gasteiger charge is -2.07. The zero-order chi connectivity index (χ0) is 14.7. The van der Waals surface area contributed by atoms with E-state index >= 15 is 0 Å². The number of benzene rings is 1. The number of nitriles is 1. The number of pyridine rings is 1. The fourth-order valence-corrected chi connectivity index (χ4v) is 1.92. The van der Waals surface area contributed by atoms with Crippen LogP contribution in [0.15, 0.2) is 41.3 Å². The molecule has 0 atom stereocenters. The molecule has 0 N–H and O–H groups in total. The van der Waals surface area contributed by atoms with Crippen molar-refractivity contribution < 1.29 is 4.92 Å². The normalized spacial score (nSPS) is 10.0. The van der Waals surface area contributed by atoms with Crippen LogP contribution in [0.3, 0.4) is 0 Å². The minimum Gasteiger partial charge on any atom is -0.303 e. The van der Waals surface area contributed by atoms with Crippen LogP contribution in [0.5, 0.6) is 0 Å². The van der Waals surface area contributed by atoms with Crippen LogP contribution in [-0.4, -0.2) is 9.49 Å². The lowest BCUT2D eigenvalue weighted by molar-refractivity contribution is -0.385. The molecule has 0 radical (unpaired) electrons. The van der Waals surface area contributed by atoms with Gasteiger partial charge in [-0.1, -0.05) is 29.8 Å². The predicted octanol–water partition coefficient (Wildman–Crippen LogP) is 1.98. The summed E-state index contributed by atoms with van der Waals surface area (Å²) in [5.41, 5.74) is 0.846. The highest BCUT2D eigenvalue weighted by Crippen LogP contribution is 2.12. The minimum absolute atomic E-state index is 0.191. The molecule has 6 heteroatoms. The third-order valence-corrected chi connectivity index (χ3v) is 2.84. The molecule has 0 aliphatic heterocycles. The van der Waals surface area contributed by atoms with E-state index in [0.717, 1.165) is 23.4 Å². The third kappa shape index (κ3) is 2.72. The number of rotatable bonds is 3. The molecule has 6 nitrogen and oxygen atoms in total. The van der Waals surface area contributed by atoms with Gasteiger partial charge in [0.25, 0.3) is 11.2 Å². The number of hydrogen-bond acceptors (Lipinski definition) is 4. The van der Waals surface area contributed by atoms with Gasteiger partial charge in [-0.2, -0.15) is 5.26 Å². The highest BCUT2D eigenvalue weighted by molar-refractivity contribution is 5.38. The van der Waals surface area contributed by atoms with Gasteiger partial charge in [0.1, 0.15) is 11.6 Å². The number of nitro groups is 1. The van der Waals surface area contributed by atoms with Gasteiger partial charge in [0.15, 0.2) is 0 Å². The quantitative estimate of drug-likeness (QED) is 0.629. The van der Waals surface area contributed by atoms with Crippen molar-refractivity contribution in [3.05, 3.63) is 73.7 Å². The summed E-state index contributed by atoms with van der Waals surface area (Å²) < 4.78 is 1.19. The molecule has 20 heavy (non-hydrogen) atoms. The lowest BCUT2D eigenvalue weighted by Crippen LogP contribution is -2.23. The van der Waals surface area contributed by atoms with Crippen LogP contribution in [0.25, 0.3) is 0 Å². The predicted molar refractivity (Wildman–Crippen MR) is 72.4 cm³/mol. The summed E-state index contributed by atoms with van der Waals surface area (Å²) >= 11 is 0. The molecule has 2 aromatic rings. The largest absolute Gasteiger partial charge is 0.303 e. The summed E-state index contributed by atoms with van der Waals surface area (Å²) in [5, 5.41) is 19.7. The van der Waals surface area contributed by atoms with E-state index in [1.54, 1.807) is 6.07 Å². The highest BCUT2D eigenvalue weighted by Gasteiger charge is 2.13. The molecule has 1 heterocycles. The van der Waals surface area contributed by atoms with Crippen LogP contribution in [0.2, 0.25) is 0 Å². The van der Waals surface area contributed by atoms with E-state index < -0.39 is 10.5 Å². The molecule has 1 aromatic carbocycles. The van der Waals surface area contributed by atoms with Crippen LogP contribution in [0, 0.1) is 28.4 Å². The Morgan fingerprint density at radius 1 is 1.40 bits per heavy atom. The molecule has 2 rings (SSSR count). The molecular formula is C14H11N3O3. The summed E-state index contributed by atoms with van der Waals surface area (Å²) in [6.45, 7) is 2.11. The standard InChI is InChI=1S/C14H11N3O3/c1-10-3-2-4-11(5-10)8-16-9-13(17(19)20)6-12(7-15)14(16)18/h2-6,9H,8H2,1H3. The first kappa shape index (κ1) is 13.5. The summed E-state index contributed by atoms with van der Waals surface area (Å²) in [4.78, 5) is 22.2. The molecule has 0 spiro atoms. The number of aryl methyl sites for hydroxylation is 1. The van der Waals surface area contributed by atoms with Gasteiger partial charge < -0.3 is 4.57 Å². The second-order valence-corrected chi connectivity index (χ2v) is 4.40.